The van der Waals surface area contributed by atoms with E-state index in [0.717, 1.165) is 29.9 Å². The van der Waals surface area contributed by atoms with E-state index in [9.17, 15) is 4.79 Å². The summed E-state index contributed by atoms with van der Waals surface area (Å²) in [6.07, 6.45) is 0. The minimum Gasteiger partial charge on any atom is -0.326 e. The fraction of sp³-hybridized carbons (Fsp3) is 0.533. The summed E-state index contributed by atoms with van der Waals surface area (Å²) in [7, 11) is 0. The van der Waals surface area contributed by atoms with Crippen LogP contribution in [0.25, 0.3) is 0 Å². The van der Waals surface area contributed by atoms with Crippen molar-refractivity contribution in [3.05, 3.63) is 29.3 Å². The number of nitrogens with two attached hydrogens (primary N) is 1. The lowest BCUT2D eigenvalue weighted by Gasteiger charge is -2.16. The zero-order valence-corrected chi connectivity index (χ0v) is 11.9. The molecular weight excluding hydrogens is 238 g/mol. The van der Waals surface area contributed by atoms with Gasteiger partial charge in [-0.2, -0.15) is 0 Å². The largest absolute Gasteiger partial charge is 0.326 e. The maximum absolute atomic E-state index is 12.1. The second-order valence-electron chi connectivity index (χ2n) is 5.65. The summed E-state index contributed by atoms with van der Waals surface area (Å²) < 4.78 is 0. The van der Waals surface area contributed by atoms with Crippen LogP contribution in [0.3, 0.4) is 0 Å². The Hall–Kier alpha value is -1.39. The van der Waals surface area contributed by atoms with Crippen LogP contribution in [0.15, 0.2) is 18.2 Å². The second kappa shape index (κ2) is 5.72. The second-order valence-corrected chi connectivity index (χ2v) is 5.65. The highest BCUT2D eigenvalue weighted by atomic mass is 16.2. The Morgan fingerprint density at radius 2 is 2.00 bits per heavy atom. The van der Waals surface area contributed by atoms with E-state index in [-0.39, 0.29) is 11.9 Å². The van der Waals surface area contributed by atoms with Gasteiger partial charge < -0.3 is 11.1 Å². The highest BCUT2D eigenvalue weighted by Crippen LogP contribution is 2.20. The maximum Gasteiger partial charge on any atom is 0.238 e. The number of nitrogens with one attached hydrogen (secondary N) is 1. The predicted molar refractivity (Wildman–Crippen MR) is 78.1 cm³/mol. The van der Waals surface area contributed by atoms with Gasteiger partial charge >= 0.3 is 0 Å². The number of aryl methyl sites for hydroxylation is 2. The fourth-order valence-corrected chi connectivity index (χ4v) is 2.62. The van der Waals surface area contributed by atoms with Crippen molar-refractivity contribution >= 4 is 11.6 Å². The van der Waals surface area contributed by atoms with Crippen LogP contribution in [-0.2, 0) is 4.79 Å². The number of nitrogens with zero attached hydrogens (tertiary/aromatic N) is 1. The molecule has 1 amide bonds. The average molecular weight is 261 g/mol. The van der Waals surface area contributed by atoms with E-state index < -0.39 is 0 Å². The van der Waals surface area contributed by atoms with E-state index in [1.54, 1.807) is 0 Å². The average Bonchev–Trinajstić information content (AvgIpc) is 2.63. The minimum atomic E-state index is 0.0405. The summed E-state index contributed by atoms with van der Waals surface area (Å²) in [5, 5.41) is 3.01. The minimum absolute atomic E-state index is 0.0405. The van der Waals surface area contributed by atoms with Gasteiger partial charge in [0.2, 0.25) is 5.91 Å². The number of amides is 1. The summed E-state index contributed by atoms with van der Waals surface area (Å²) in [5.74, 6) is 0.506. The number of likely N-dealkylation sites (tertiary alicyclic amines) is 1. The van der Waals surface area contributed by atoms with Gasteiger partial charge in [-0.15, -0.1) is 0 Å². The van der Waals surface area contributed by atoms with Crippen LogP contribution in [-0.4, -0.2) is 36.5 Å². The van der Waals surface area contributed by atoms with Crippen LogP contribution in [0.2, 0.25) is 0 Å². The Morgan fingerprint density at radius 1 is 1.37 bits per heavy atom. The summed E-state index contributed by atoms with van der Waals surface area (Å²) in [5.41, 5.74) is 9.10. The van der Waals surface area contributed by atoms with E-state index >= 15 is 0 Å². The zero-order chi connectivity index (χ0) is 14.0. The number of para-hydroxylation sites is 1. The monoisotopic (exact) mass is 261 g/mol. The van der Waals surface area contributed by atoms with E-state index in [0.29, 0.717) is 12.5 Å². The van der Waals surface area contributed by atoms with E-state index in [2.05, 4.69) is 17.1 Å². The zero-order valence-electron chi connectivity index (χ0n) is 11.9. The molecule has 1 saturated heterocycles. The summed E-state index contributed by atoms with van der Waals surface area (Å²) in [6, 6.07) is 6.21. The SMILES string of the molecule is Cc1cccc(C)c1NC(=O)CN1CC(C)C(N)C1. The van der Waals surface area contributed by atoms with Crippen molar-refractivity contribution in [1.29, 1.82) is 0 Å². The van der Waals surface area contributed by atoms with Gasteiger partial charge in [0.15, 0.2) is 0 Å². The molecule has 4 nitrogen and oxygen atoms in total. The van der Waals surface area contributed by atoms with E-state index in [1.807, 2.05) is 32.0 Å². The lowest BCUT2D eigenvalue weighted by atomic mass is 10.1. The molecule has 2 atom stereocenters. The van der Waals surface area contributed by atoms with Crippen molar-refractivity contribution in [1.82, 2.24) is 4.90 Å². The van der Waals surface area contributed by atoms with Gasteiger partial charge in [0.1, 0.15) is 0 Å². The molecule has 3 N–H and O–H groups in total. The number of rotatable bonds is 3. The molecule has 104 valence electrons. The summed E-state index contributed by atoms with van der Waals surface area (Å²) in [6.45, 7) is 8.29. The number of carbonyl (C=O) groups excluding carboxylic acids is 1. The molecule has 0 spiro atoms. The highest BCUT2D eigenvalue weighted by Gasteiger charge is 2.27. The van der Waals surface area contributed by atoms with E-state index in [4.69, 9.17) is 5.73 Å². The van der Waals surface area contributed by atoms with Crippen LogP contribution >= 0.6 is 0 Å². The third-order valence-electron chi connectivity index (χ3n) is 3.86. The predicted octanol–water partition coefficient (Wildman–Crippen LogP) is 1.52. The molecule has 1 aromatic carbocycles. The van der Waals surface area contributed by atoms with Gasteiger partial charge in [-0.25, -0.2) is 0 Å². The van der Waals surface area contributed by atoms with Crippen molar-refractivity contribution in [2.45, 2.75) is 26.8 Å². The molecule has 1 heterocycles. The quantitative estimate of drug-likeness (QED) is 0.867. The maximum atomic E-state index is 12.1. The molecule has 1 aromatic rings. The molecule has 0 bridgehead atoms. The molecule has 0 aromatic heterocycles. The van der Waals surface area contributed by atoms with Crippen LogP contribution in [0.1, 0.15) is 18.1 Å². The Labute approximate surface area is 115 Å². The molecule has 2 unspecified atom stereocenters. The van der Waals surface area contributed by atoms with Gasteiger partial charge in [0, 0.05) is 24.8 Å². The highest BCUT2D eigenvalue weighted by molar-refractivity contribution is 5.93. The lowest BCUT2D eigenvalue weighted by Crippen LogP contribution is -2.34. The van der Waals surface area contributed by atoms with Crippen molar-refractivity contribution in [3.63, 3.8) is 0 Å². The third kappa shape index (κ3) is 3.33. The molecule has 1 fully saturated rings. The standard InChI is InChI=1S/C15H23N3O/c1-10-5-4-6-11(2)15(10)17-14(19)9-18-7-12(3)13(16)8-18/h4-6,12-13H,7-9,16H2,1-3H3,(H,17,19). The van der Waals surface area contributed by atoms with Gasteiger partial charge in [0.25, 0.3) is 0 Å². The first kappa shape index (κ1) is 14.0. The van der Waals surface area contributed by atoms with E-state index in [1.165, 1.54) is 0 Å². The van der Waals surface area contributed by atoms with Crippen LogP contribution < -0.4 is 11.1 Å². The first-order valence-electron chi connectivity index (χ1n) is 6.81. The van der Waals surface area contributed by atoms with Crippen molar-refractivity contribution in [2.24, 2.45) is 11.7 Å². The molecule has 19 heavy (non-hydrogen) atoms. The van der Waals surface area contributed by atoms with Gasteiger partial charge in [-0.05, 0) is 30.9 Å². The molecule has 0 saturated carbocycles. The molecule has 4 heteroatoms. The first-order chi connectivity index (χ1) is 8.97. The van der Waals surface area contributed by atoms with Gasteiger partial charge in [-0.1, -0.05) is 25.1 Å². The van der Waals surface area contributed by atoms with Crippen LogP contribution in [0.4, 0.5) is 5.69 Å². The van der Waals surface area contributed by atoms with Crippen LogP contribution in [0.5, 0.6) is 0 Å². The first-order valence-corrected chi connectivity index (χ1v) is 6.81. The number of benzene rings is 1. The van der Waals surface area contributed by atoms with Gasteiger partial charge in [0.05, 0.1) is 6.54 Å². The Morgan fingerprint density at radius 3 is 2.53 bits per heavy atom. The molecule has 0 radical (unpaired) electrons. The molecule has 0 aliphatic carbocycles. The molecule has 1 aliphatic rings. The van der Waals surface area contributed by atoms with Gasteiger partial charge in [-0.3, -0.25) is 9.69 Å². The number of hydrogen-bond acceptors (Lipinski definition) is 3. The Bertz CT molecular complexity index is 442. The Kier molecular flexibility index (Phi) is 4.22. The van der Waals surface area contributed by atoms with Crippen molar-refractivity contribution in [3.8, 4) is 0 Å². The molecule has 2 rings (SSSR count). The summed E-state index contributed by atoms with van der Waals surface area (Å²) >= 11 is 0. The topological polar surface area (TPSA) is 58.4 Å². The lowest BCUT2D eigenvalue weighted by molar-refractivity contribution is -0.117. The normalized spacial score (nSPS) is 23.6. The smallest absolute Gasteiger partial charge is 0.238 e. The van der Waals surface area contributed by atoms with Crippen LogP contribution in [0, 0.1) is 19.8 Å². The molecule has 1 aliphatic heterocycles. The Balaban J connectivity index is 1.95. The van der Waals surface area contributed by atoms with Crippen molar-refractivity contribution < 1.29 is 4.79 Å². The number of anilines is 1. The third-order valence-corrected chi connectivity index (χ3v) is 3.86. The van der Waals surface area contributed by atoms with Crippen molar-refractivity contribution in [2.75, 3.05) is 25.0 Å². The fourth-order valence-electron chi connectivity index (χ4n) is 2.62. The number of hydrogen-bond donors (Lipinski definition) is 2. The number of carbonyl (C=O) groups is 1. The summed E-state index contributed by atoms with van der Waals surface area (Å²) in [4.78, 5) is 14.2. The molecular formula is C15H23N3O.